The molecule has 108 valence electrons. The summed E-state index contributed by atoms with van der Waals surface area (Å²) in [6.45, 7) is 6.10. The quantitative estimate of drug-likeness (QED) is 0.857. The van der Waals surface area contributed by atoms with E-state index in [2.05, 4.69) is 18.8 Å². The van der Waals surface area contributed by atoms with Crippen molar-refractivity contribution in [3.05, 3.63) is 34.9 Å². The predicted molar refractivity (Wildman–Crippen MR) is 81.6 cm³/mol. The van der Waals surface area contributed by atoms with Crippen LogP contribution in [-0.2, 0) is 0 Å². The van der Waals surface area contributed by atoms with Gasteiger partial charge in [0.2, 0.25) is 0 Å². The Morgan fingerprint density at radius 3 is 2.75 bits per heavy atom. The van der Waals surface area contributed by atoms with Crippen molar-refractivity contribution >= 4 is 5.91 Å². The lowest BCUT2D eigenvalue weighted by molar-refractivity contribution is 0.0740. The van der Waals surface area contributed by atoms with Crippen LogP contribution in [0, 0.1) is 18.8 Å². The van der Waals surface area contributed by atoms with Crippen LogP contribution in [0.1, 0.15) is 48.2 Å². The van der Waals surface area contributed by atoms with Crippen LogP contribution >= 0.6 is 0 Å². The van der Waals surface area contributed by atoms with Gasteiger partial charge in [0.25, 0.3) is 5.91 Å². The topological polar surface area (TPSA) is 40.5 Å². The molecule has 0 heterocycles. The second kappa shape index (κ2) is 7.72. The SMILES string of the molecule is CCC(C)N(C)C(=O)c1ccc(C)cc1C#CCCO. The van der Waals surface area contributed by atoms with E-state index >= 15 is 0 Å². The molecule has 0 saturated heterocycles. The van der Waals surface area contributed by atoms with E-state index in [1.165, 1.54) is 0 Å². The zero-order valence-corrected chi connectivity index (χ0v) is 12.7. The lowest BCUT2D eigenvalue weighted by atomic mass is 10.0. The second-order valence-corrected chi connectivity index (χ2v) is 5.00. The van der Waals surface area contributed by atoms with Crippen molar-refractivity contribution in [2.75, 3.05) is 13.7 Å². The average Bonchev–Trinajstić information content (AvgIpc) is 2.45. The third-order valence-electron chi connectivity index (χ3n) is 3.44. The molecule has 1 rings (SSSR count). The van der Waals surface area contributed by atoms with Crippen molar-refractivity contribution in [1.82, 2.24) is 4.90 Å². The molecule has 3 heteroatoms. The molecule has 1 atom stereocenters. The van der Waals surface area contributed by atoms with Gasteiger partial charge in [0.05, 0.1) is 12.2 Å². The van der Waals surface area contributed by atoms with E-state index < -0.39 is 0 Å². The van der Waals surface area contributed by atoms with Crippen LogP contribution in [-0.4, -0.2) is 35.6 Å². The highest BCUT2D eigenvalue weighted by Gasteiger charge is 2.18. The van der Waals surface area contributed by atoms with Crippen LogP contribution in [0.5, 0.6) is 0 Å². The first-order valence-electron chi connectivity index (χ1n) is 6.98. The fourth-order valence-electron chi connectivity index (χ4n) is 1.83. The summed E-state index contributed by atoms with van der Waals surface area (Å²) in [6.07, 6.45) is 1.34. The molecule has 0 aliphatic rings. The number of aliphatic hydroxyl groups excluding tert-OH is 1. The number of rotatable bonds is 4. The summed E-state index contributed by atoms with van der Waals surface area (Å²) in [4.78, 5) is 14.3. The molecule has 1 amide bonds. The minimum Gasteiger partial charge on any atom is -0.395 e. The number of hydrogen-bond donors (Lipinski definition) is 1. The summed E-state index contributed by atoms with van der Waals surface area (Å²) in [7, 11) is 1.82. The van der Waals surface area contributed by atoms with Crippen LogP contribution < -0.4 is 0 Å². The summed E-state index contributed by atoms with van der Waals surface area (Å²) in [5.41, 5.74) is 2.43. The van der Waals surface area contributed by atoms with Gasteiger partial charge in [-0.25, -0.2) is 0 Å². The molecule has 0 bridgehead atoms. The van der Waals surface area contributed by atoms with Gasteiger partial charge in [-0.05, 0) is 38.0 Å². The van der Waals surface area contributed by atoms with Gasteiger partial charge in [0.1, 0.15) is 0 Å². The highest BCUT2D eigenvalue weighted by molar-refractivity contribution is 5.96. The summed E-state index contributed by atoms with van der Waals surface area (Å²) >= 11 is 0. The zero-order chi connectivity index (χ0) is 15.1. The molecule has 0 aromatic heterocycles. The Bertz CT molecular complexity index is 526. The standard InChI is InChI=1S/C17H23NO2/c1-5-14(3)18(4)17(20)16-10-9-13(2)12-15(16)8-6-7-11-19/h9-10,12,14,19H,5,7,11H2,1-4H3. The Balaban J connectivity index is 3.11. The maximum atomic E-state index is 12.5. The Morgan fingerprint density at radius 2 is 2.15 bits per heavy atom. The third kappa shape index (κ3) is 4.11. The van der Waals surface area contributed by atoms with Gasteiger partial charge in [0, 0.05) is 25.1 Å². The third-order valence-corrected chi connectivity index (χ3v) is 3.44. The molecule has 1 unspecified atom stereocenters. The van der Waals surface area contributed by atoms with E-state index in [-0.39, 0.29) is 18.6 Å². The molecule has 0 fully saturated rings. The lowest BCUT2D eigenvalue weighted by Gasteiger charge is -2.24. The number of benzene rings is 1. The smallest absolute Gasteiger partial charge is 0.255 e. The first-order valence-corrected chi connectivity index (χ1v) is 6.98. The minimum atomic E-state index is -0.00681. The number of carbonyl (C=O) groups excluding carboxylic acids is 1. The molecule has 1 aromatic rings. The summed E-state index contributed by atoms with van der Waals surface area (Å²) in [6, 6.07) is 5.87. The number of carbonyl (C=O) groups is 1. The summed E-state index contributed by atoms with van der Waals surface area (Å²) in [5.74, 6) is 5.87. The van der Waals surface area contributed by atoms with Crippen molar-refractivity contribution in [2.45, 2.75) is 39.7 Å². The normalized spacial score (nSPS) is 11.4. The minimum absolute atomic E-state index is 0.00681. The van der Waals surface area contributed by atoms with Gasteiger partial charge in [-0.1, -0.05) is 24.8 Å². The van der Waals surface area contributed by atoms with E-state index in [0.717, 1.165) is 17.5 Å². The van der Waals surface area contributed by atoms with E-state index in [4.69, 9.17) is 5.11 Å². The maximum Gasteiger partial charge on any atom is 0.255 e. The van der Waals surface area contributed by atoms with Gasteiger partial charge in [0.15, 0.2) is 0 Å². The zero-order valence-electron chi connectivity index (χ0n) is 12.7. The molecule has 0 saturated carbocycles. The Hall–Kier alpha value is -1.79. The van der Waals surface area contributed by atoms with Gasteiger partial charge >= 0.3 is 0 Å². The van der Waals surface area contributed by atoms with Crippen molar-refractivity contribution < 1.29 is 9.90 Å². The summed E-state index contributed by atoms with van der Waals surface area (Å²) < 4.78 is 0. The van der Waals surface area contributed by atoms with Crippen LogP contribution in [0.4, 0.5) is 0 Å². The number of nitrogens with zero attached hydrogens (tertiary/aromatic N) is 1. The van der Waals surface area contributed by atoms with Crippen LogP contribution in [0.3, 0.4) is 0 Å². The fourth-order valence-corrected chi connectivity index (χ4v) is 1.83. The van der Waals surface area contributed by atoms with E-state index in [1.54, 1.807) is 4.90 Å². The molecule has 20 heavy (non-hydrogen) atoms. The number of aliphatic hydroxyl groups is 1. The average molecular weight is 273 g/mol. The lowest BCUT2D eigenvalue weighted by Crippen LogP contribution is -2.35. The second-order valence-electron chi connectivity index (χ2n) is 5.00. The number of hydrogen-bond acceptors (Lipinski definition) is 2. The molecule has 1 aromatic carbocycles. The largest absolute Gasteiger partial charge is 0.395 e. The number of aryl methyl sites for hydroxylation is 1. The van der Waals surface area contributed by atoms with Crippen molar-refractivity contribution in [1.29, 1.82) is 0 Å². The van der Waals surface area contributed by atoms with Crippen LogP contribution in [0.25, 0.3) is 0 Å². The Labute approximate surface area is 121 Å². The van der Waals surface area contributed by atoms with Gasteiger partial charge in [-0.3, -0.25) is 4.79 Å². The van der Waals surface area contributed by atoms with Gasteiger partial charge < -0.3 is 10.0 Å². The van der Waals surface area contributed by atoms with E-state index in [0.29, 0.717) is 12.0 Å². The first-order chi connectivity index (χ1) is 9.51. The maximum absolute atomic E-state index is 12.5. The molecule has 0 aliphatic carbocycles. The summed E-state index contributed by atoms with van der Waals surface area (Å²) in [5, 5.41) is 8.79. The molecule has 3 nitrogen and oxygen atoms in total. The highest BCUT2D eigenvalue weighted by Crippen LogP contribution is 2.15. The molecule has 0 spiro atoms. The van der Waals surface area contributed by atoms with Crippen molar-refractivity contribution in [3.8, 4) is 11.8 Å². The van der Waals surface area contributed by atoms with Crippen molar-refractivity contribution in [2.24, 2.45) is 0 Å². The van der Waals surface area contributed by atoms with Crippen LogP contribution in [0.15, 0.2) is 18.2 Å². The fraction of sp³-hybridized carbons (Fsp3) is 0.471. The molecular weight excluding hydrogens is 250 g/mol. The molecule has 0 aliphatic heterocycles. The van der Waals surface area contributed by atoms with E-state index in [1.807, 2.05) is 39.1 Å². The molecular formula is C17H23NO2. The monoisotopic (exact) mass is 273 g/mol. The van der Waals surface area contributed by atoms with Crippen LogP contribution in [0.2, 0.25) is 0 Å². The predicted octanol–water partition coefficient (Wildman–Crippen LogP) is 2.60. The molecule has 0 radical (unpaired) electrons. The Kier molecular flexibility index (Phi) is 6.27. The van der Waals surface area contributed by atoms with Gasteiger partial charge in [-0.2, -0.15) is 0 Å². The van der Waals surface area contributed by atoms with Crippen molar-refractivity contribution in [3.63, 3.8) is 0 Å². The van der Waals surface area contributed by atoms with Gasteiger partial charge in [-0.15, -0.1) is 0 Å². The first kappa shape index (κ1) is 16.3. The molecule has 1 N–H and O–H groups in total. The number of amides is 1. The highest BCUT2D eigenvalue weighted by atomic mass is 16.2. The van der Waals surface area contributed by atoms with E-state index in [9.17, 15) is 4.79 Å². The Morgan fingerprint density at radius 1 is 1.45 bits per heavy atom.